The highest BCUT2D eigenvalue weighted by Crippen LogP contribution is 3.06. The number of fused-ring (bicyclic) bond motifs is 2. The molecule has 0 aromatic carbocycles. The van der Waals surface area contributed by atoms with Gasteiger partial charge in [-0.05, 0) is 35.4 Å². The van der Waals surface area contributed by atoms with Crippen LogP contribution in [0.25, 0.3) is 0 Å². The first kappa shape index (κ1) is 20.4. The van der Waals surface area contributed by atoms with Crippen LogP contribution in [0.2, 0.25) is 0 Å². The van der Waals surface area contributed by atoms with Crippen LogP contribution in [0.15, 0.2) is 0 Å². The second-order valence-corrected chi connectivity index (χ2v) is 47.6. The third-order valence-corrected chi connectivity index (χ3v) is 89.7. The fourth-order valence-corrected chi connectivity index (χ4v) is 170. The second-order valence-electron chi connectivity index (χ2n) is 7.61. The predicted octanol–water partition coefficient (Wildman–Crippen LogP) is 12.4. The molecule has 4 unspecified atom stereocenters. The lowest BCUT2D eigenvalue weighted by molar-refractivity contribution is 1.02. The summed E-state index contributed by atoms with van der Waals surface area (Å²) in [5, 5.41) is 0. The Morgan fingerprint density at radius 1 is 0.318 bits per heavy atom. The highest BCUT2D eigenvalue weighted by Gasteiger charge is 2.32. The van der Waals surface area contributed by atoms with Gasteiger partial charge < -0.3 is 0 Å². The number of rotatable bonds is 5. The van der Waals surface area contributed by atoms with Crippen molar-refractivity contribution >= 4 is 47.2 Å². The van der Waals surface area contributed by atoms with Crippen LogP contribution in [-0.4, -0.2) is 0 Å². The average molecular weight is 432 g/mol. The molecule has 0 saturated heterocycles. The zero-order valence-electron chi connectivity index (χ0n) is 16.0. The van der Waals surface area contributed by atoms with Gasteiger partial charge in [-0.15, -0.1) is 0 Å². The molecular formula is C15H35P7. The number of hydrogen-bond acceptors (Lipinski definition) is 0. The molecule has 7 heteroatoms. The molecule has 0 nitrogen and oxygen atoms in total. The lowest BCUT2D eigenvalue weighted by Gasteiger charge is -2.24. The van der Waals surface area contributed by atoms with Gasteiger partial charge in [0.05, 0.1) is 0 Å². The van der Waals surface area contributed by atoms with E-state index in [2.05, 4.69) is 69.2 Å². The van der Waals surface area contributed by atoms with Gasteiger partial charge in [0.25, 0.3) is 0 Å². The van der Waals surface area contributed by atoms with Crippen molar-refractivity contribution in [3.05, 3.63) is 0 Å². The van der Waals surface area contributed by atoms with Crippen molar-refractivity contribution < 1.29 is 0 Å². The maximum atomic E-state index is 2.61. The Bertz CT molecular complexity index is 556. The Balaban J connectivity index is 3.04. The van der Waals surface area contributed by atoms with Crippen molar-refractivity contribution in [3.63, 3.8) is 0 Å². The summed E-state index contributed by atoms with van der Waals surface area (Å²) >= 11 is 0. The molecular weight excluding hydrogens is 397 g/mol. The summed E-state index contributed by atoms with van der Waals surface area (Å²) in [5.41, 5.74) is 5.15. The van der Waals surface area contributed by atoms with Crippen molar-refractivity contribution in [1.29, 1.82) is 0 Å². The highest BCUT2D eigenvalue weighted by molar-refractivity contribution is 8.94. The topological polar surface area (TPSA) is 0 Å². The minimum atomic E-state index is 0.417. The first-order valence-electron chi connectivity index (χ1n) is 8.66. The quantitative estimate of drug-likeness (QED) is 0.441. The summed E-state index contributed by atoms with van der Waals surface area (Å²) in [6, 6.07) is 0. The van der Waals surface area contributed by atoms with Gasteiger partial charge in [-0.1, -0.05) is 104 Å². The molecule has 2 heterocycles. The van der Waals surface area contributed by atoms with Crippen LogP contribution in [0.5, 0.6) is 0 Å². The maximum absolute atomic E-state index is 2.61. The molecule has 2 aromatic rings. The van der Waals surface area contributed by atoms with Crippen molar-refractivity contribution in [3.8, 4) is 0 Å². The zero-order chi connectivity index (χ0) is 16.9. The molecule has 130 valence electrons. The lowest BCUT2D eigenvalue weighted by Crippen LogP contribution is -1.73. The average Bonchev–Trinajstić information content (AvgIpc) is 2.87. The second kappa shape index (κ2) is 7.77. The molecule has 0 radical (unpaired) electrons. The van der Waals surface area contributed by atoms with Crippen molar-refractivity contribution in [2.75, 3.05) is 0 Å². The van der Waals surface area contributed by atoms with Crippen LogP contribution in [0, 0.1) is 0 Å². The lowest BCUT2D eigenvalue weighted by atomic mass is 10.6. The van der Waals surface area contributed by atoms with Crippen LogP contribution in [0.1, 0.15) is 97.5 Å². The smallest absolute Gasteiger partial charge is 0.000394 e. The molecule has 22 heavy (non-hydrogen) atoms. The number of hydrogen-bond donors (Lipinski definition) is 0. The zero-order valence-corrected chi connectivity index (χ0v) is 22.3. The minimum absolute atomic E-state index is 0.417. The standard InChI is InChI=1S/C15H35P7/c1-11(2)16-17(12(3)4)22-19(14(7)8)18(13(5)6)21(16)20(22)15(9)10/h11-15H,1-10H3. The Morgan fingerprint density at radius 2 is 0.500 bits per heavy atom. The summed E-state index contributed by atoms with van der Waals surface area (Å²) in [6.45, 7) is 28.1. The van der Waals surface area contributed by atoms with Crippen LogP contribution >= 0.6 is 47.2 Å². The molecule has 0 aliphatic carbocycles. The fraction of sp³-hybridized carbons (Fsp3) is 1.00. The van der Waals surface area contributed by atoms with E-state index in [1.807, 2.05) is 0 Å². The van der Waals surface area contributed by atoms with Gasteiger partial charge in [0.2, 0.25) is 0 Å². The van der Waals surface area contributed by atoms with Gasteiger partial charge in [-0.2, -0.15) is 0 Å². The Labute approximate surface area is 144 Å². The molecule has 0 aliphatic rings. The van der Waals surface area contributed by atoms with Crippen LogP contribution in [0.4, 0.5) is 0 Å². The Kier molecular flexibility index (Phi) is 7.21. The molecule has 0 fully saturated rings. The first-order valence-corrected chi connectivity index (χ1v) is 24.0. The normalized spacial score (nSPS) is 19.0. The monoisotopic (exact) mass is 432 g/mol. The molecule has 4 atom stereocenters. The van der Waals surface area contributed by atoms with Gasteiger partial charge in [-0.3, -0.25) is 0 Å². The van der Waals surface area contributed by atoms with E-state index >= 15 is 0 Å². The largest absolute Gasteiger partial charge is 0.0645 e. The summed E-state index contributed by atoms with van der Waals surface area (Å²) in [4.78, 5) is 0. The highest BCUT2D eigenvalue weighted by atomic mass is 32.9. The van der Waals surface area contributed by atoms with E-state index in [0.29, 0.717) is 47.2 Å². The summed E-state index contributed by atoms with van der Waals surface area (Å²) < 4.78 is 0. The van der Waals surface area contributed by atoms with Gasteiger partial charge in [0, 0.05) is 5.66 Å². The third-order valence-electron chi connectivity index (χ3n) is 3.83. The van der Waals surface area contributed by atoms with Crippen molar-refractivity contribution in [2.45, 2.75) is 97.5 Å². The van der Waals surface area contributed by atoms with Gasteiger partial charge >= 0.3 is 0 Å². The van der Waals surface area contributed by atoms with E-state index < -0.39 is 0 Å². The van der Waals surface area contributed by atoms with E-state index in [1.165, 1.54) is 0 Å². The molecule has 0 saturated carbocycles. The third kappa shape index (κ3) is 3.36. The van der Waals surface area contributed by atoms with E-state index in [4.69, 9.17) is 0 Å². The van der Waals surface area contributed by atoms with E-state index in [9.17, 15) is 0 Å². The Hall–Kier alpha value is 2.10. The van der Waals surface area contributed by atoms with Gasteiger partial charge in [0.15, 0.2) is 0 Å². The van der Waals surface area contributed by atoms with Crippen LogP contribution in [-0.2, 0) is 0 Å². The summed E-state index contributed by atoms with van der Waals surface area (Å²) in [7, 11) is 0. The van der Waals surface area contributed by atoms with Crippen molar-refractivity contribution in [2.24, 2.45) is 0 Å². The SMILES string of the molecule is CC(C)p1p(C(C)C)p2p(C(C)C)p(C(C)C)p1p2C(C)C. The molecule has 0 amide bonds. The van der Waals surface area contributed by atoms with Gasteiger partial charge in [-0.25, -0.2) is 0 Å². The van der Waals surface area contributed by atoms with E-state index in [-0.39, 0.29) is 0 Å². The molecule has 0 N–H and O–H groups in total. The molecule has 2 bridgehead atoms. The summed E-state index contributed by atoms with van der Waals surface area (Å²) in [6.07, 6.45) is 0.920. The van der Waals surface area contributed by atoms with Crippen LogP contribution in [0.3, 0.4) is 0 Å². The molecule has 0 aliphatic heterocycles. The van der Waals surface area contributed by atoms with Crippen LogP contribution < -0.4 is 0 Å². The molecule has 2 rings (SSSR count). The van der Waals surface area contributed by atoms with E-state index in [0.717, 1.165) is 28.3 Å². The molecule has 0 spiro atoms. The maximum Gasteiger partial charge on any atom is 0.000394 e. The van der Waals surface area contributed by atoms with E-state index in [1.54, 1.807) is 0 Å². The predicted molar refractivity (Wildman–Crippen MR) is 123 cm³/mol. The fourth-order valence-electron chi connectivity index (χ4n) is 3.15. The van der Waals surface area contributed by atoms with Gasteiger partial charge in [0.1, 0.15) is 0 Å². The summed E-state index contributed by atoms with van der Waals surface area (Å²) in [5.74, 6) is 0. The van der Waals surface area contributed by atoms with Crippen molar-refractivity contribution in [1.82, 2.24) is 0 Å². The Morgan fingerprint density at radius 3 is 0.636 bits per heavy atom. The molecule has 2 aromatic heterocycles. The first-order chi connectivity index (χ1) is 10.1. The minimum Gasteiger partial charge on any atom is -0.0645 e.